The van der Waals surface area contributed by atoms with Gasteiger partial charge in [0.2, 0.25) is 0 Å². The van der Waals surface area contributed by atoms with Crippen molar-refractivity contribution in [3.05, 3.63) is 34.4 Å². The highest BCUT2D eigenvalue weighted by Gasteiger charge is 2.17. The molecule has 0 saturated heterocycles. The van der Waals surface area contributed by atoms with Crippen molar-refractivity contribution in [3.63, 3.8) is 0 Å². The van der Waals surface area contributed by atoms with E-state index in [1.54, 1.807) is 12.1 Å². The van der Waals surface area contributed by atoms with Gasteiger partial charge < -0.3 is 10.8 Å². The van der Waals surface area contributed by atoms with E-state index in [9.17, 15) is 4.79 Å². The summed E-state index contributed by atoms with van der Waals surface area (Å²) >= 11 is 0. The summed E-state index contributed by atoms with van der Waals surface area (Å²) in [6.07, 6.45) is 0.633. The van der Waals surface area contributed by atoms with Crippen LogP contribution in [0.4, 0.5) is 0 Å². The first kappa shape index (κ1) is 11.2. The summed E-state index contributed by atoms with van der Waals surface area (Å²) in [7, 11) is 0. The fraction of sp³-hybridized carbons (Fsp3) is 0.273. The van der Waals surface area contributed by atoms with Gasteiger partial charge in [-0.15, -0.1) is 0 Å². The molecule has 1 aromatic carbocycles. The lowest BCUT2D eigenvalue weighted by atomic mass is 9.95. The number of aryl methyl sites for hydroxylation is 1. The molecule has 1 aromatic rings. The molecule has 0 bridgehead atoms. The number of rotatable bonds is 3. The monoisotopic (exact) mass is 204 g/mol. The van der Waals surface area contributed by atoms with Crippen molar-refractivity contribution in [3.8, 4) is 6.07 Å². The molecule has 1 rings (SSSR count). The molecule has 0 aliphatic heterocycles. The lowest BCUT2D eigenvalue weighted by molar-refractivity contribution is 0.0695. The summed E-state index contributed by atoms with van der Waals surface area (Å²) in [5.74, 6) is -1.10. The molecule has 0 amide bonds. The summed E-state index contributed by atoms with van der Waals surface area (Å²) < 4.78 is 0. The third-order valence-corrected chi connectivity index (χ3v) is 2.30. The van der Waals surface area contributed by atoms with Gasteiger partial charge in [-0.2, -0.15) is 5.26 Å². The van der Waals surface area contributed by atoms with Gasteiger partial charge in [0, 0.05) is 6.54 Å². The van der Waals surface area contributed by atoms with Gasteiger partial charge in [-0.05, 0) is 17.5 Å². The van der Waals surface area contributed by atoms with Gasteiger partial charge in [0.05, 0.1) is 11.1 Å². The summed E-state index contributed by atoms with van der Waals surface area (Å²) in [6.45, 7) is 2.00. The number of carbonyl (C=O) groups is 1. The fourth-order valence-electron chi connectivity index (χ4n) is 1.53. The summed E-state index contributed by atoms with van der Waals surface area (Å²) in [4.78, 5) is 11.0. The Labute approximate surface area is 87.9 Å². The van der Waals surface area contributed by atoms with Crippen molar-refractivity contribution in [1.82, 2.24) is 0 Å². The van der Waals surface area contributed by atoms with E-state index >= 15 is 0 Å². The number of carboxylic acids is 1. The second-order valence-corrected chi connectivity index (χ2v) is 3.11. The molecule has 0 aliphatic carbocycles. The Bertz CT molecular complexity index is 433. The third kappa shape index (κ3) is 1.97. The number of aromatic carboxylic acids is 1. The Morgan fingerprint density at radius 3 is 2.53 bits per heavy atom. The van der Waals surface area contributed by atoms with Crippen molar-refractivity contribution in [1.29, 1.82) is 5.26 Å². The molecular weight excluding hydrogens is 192 g/mol. The highest BCUT2D eigenvalue weighted by Crippen LogP contribution is 2.19. The molecule has 0 aromatic heterocycles. The van der Waals surface area contributed by atoms with Gasteiger partial charge in [0.1, 0.15) is 6.07 Å². The van der Waals surface area contributed by atoms with Crippen LogP contribution in [0.2, 0.25) is 0 Å². The molecular formula is C11H12N2O2. The van der Waals surface area contributed by atoms with Crippen molar-refractivity contribution in [2.75, 3.05) is 0 Å². The molecule has 0 radical (unpaired) electrons. The first-order chi connectivity index (χ1) is 7.15. The molecule has 0 heterocycles. The van der Waals surface area contributed by atoms with Crippen LogP contribution in [0.5, 0.6) is 0 Å². The Kier molecular flexibility index (Phi) is 3.42. The van der Waals surface area contributed by atoms with E-state index in [-0.39, 0.29) is 17.7 Å². The first-order valence-corrected chi connectivity index (χ1v) is 4.63. The van der Waals surface area contributed by atoms with Crippen LogP contribution in [0.25, 0.3) is 0 Å². The number of nitriles is 1. The van der Waals surface area contributed by atoms with Crippen molar-refractivity contribution >= 4 is 5.97 Å². The number of carboxylic acid groups (broad SMARTS) is 1. The van der Waals surface area contributed by atoms with E-state index in [1.165, 1.54) is 0 Å². The minimum absolute atomic E-state index is 0.0411. The maximum atomic E-state index is 11.0. The summed E-state index contributed by atoms with van der Waals surface area (Å²) in [6, 6.07) is 5.36. The van der Waals surface area contributed by atoms with Gasteiger partial charge in [0.25, 0.3) is 0 Å². The Balaban J connectivity index is 3.53. The van der Waals surface area contributed by atoms with Crippen molar-refractivity contribution in [2.45, 2.75) is 19.9 Å². The zero-order valence-corrected chi connectivity index (χ0v) is 8.45. The molecule has 3 N–H and O–H groups in total. The predicted octanol–water partition coefficient (Wildman–Crippen LogP) is 1.28. The molecule has 0 aliphatic rings. The molecule has 0 fully saturated rings. The molecule has 0 spiro atoms. The highest BCUT2D eigenvalue weighted by atomic mass is 16.4. The zero-order chi connectivity index (χ0) is 11.4. The molecule has 15 heavy (non-hydrogen) atoms. The largest absolute Gasteiger partial charge is 0.478 e. The topological polar surface area (TPSA) is 87.1 Å². The maximum Gasteiger partial charge on any atom is 0.337 e. The van der Waals surface area contributed by atoms with Crippen molar-refractivity contribution in [2.24, 2.45) is 5.73 Å². The highest BCUT2D eigenvalue weighted by molar-refractivity contribution is 5.92. The SMILES string of the molecule is CCc1ccc(CN)c(C(=O)O)c1C#N. The zero-order valence-electron chi connectivity index (χ0n) is 8.45. The molecule has 0 atom stereocenters. The molecule has 0 unspecified atom stereocenters. The van der Waals surface area contributed by atoms with Gasteiger partial charge in [-0.1, -0.05) is 19.1 Å². The van der Waals surface area contributed by atoms with E-state index in [2.05, 4.69) is 0 Å². The second-order valence-electron chi connectivity index (χ2n) is 3.11. The number of hydrogen-bond donors (Lipinski definition) is 2. The van der Waals surface area contributed by atoms with Crippen LogP contribution in [0.1, 0.15) is 34.0 Å². The van der Waals surface area contributed by atoms with Crippen LogP contribution >= 0.6 is 0 Å². The second kappa shape index (κ2) is 4.58. The van der Waals surface area contributed by atoms with Gasteiger partial charge in [-0.25, -0.2) is 4.79 Å². The van der Waals surface area contributed by atoms with Crippen LogP contribution in [-0.4, -0.2) is 11.1 Å². The standard InChI is InChI=1S/C11H12N2O2/c1-2-7-3-4-8(5-12)10(11(14)15)9(7)6-13/h3-4H,2,5,12H2,1H3,(H,14,15). The molecule has 4 heteroatoms. The third-order valence-electron chi connectivity index (χ3n) is 2.30. The van der Waals surface area contributed by atoms with E-state index in [0.717, 1.165) is 5.56 Å². The quantitative estimate of drug-likeness (QED) is 0.776. The Morgan fingerprint density at radius 1 is 1.53 bits per heavy atom. The average molecular weight is 204 g/mol. The van der Waals surface area contributed by atoms with Crippen molar-refractivity contribution < 1.29 is 9.90 Å². The van der Waals surface area contributed by atoms with E-state index in [1.807, 2.05) is 13.0 Å². The molecule has 4 nitrogen and oxygen atoms in total. The van der Waals surface area contributed by atoms with Gasteiger partial charge in [0.15, 0.2) is 0 Å². The molecule has 78 valence electrons. The predicted molar refractivity (Wildman–Crippen MR) is 55.4 cm³/mol. The first-order valence-electron chi connectivity index (χ1n) is 4.63. The number of nitrogens with two attached hydrogens (primary N) is 1. The fourth-order valence-corrected chi connectivity index (χ4v) is 1.53. The summed E-state index contributed by atoms with van der Waals surface area (Å²) in [5.41, 5.74) is 6.94. The van der Waals surface area contributed by atoms with Crippen LogP contribution in [-0.2, 0) is 13.0 Å². The smallest absolute Gasteiger partial charge is 0.337 e. The van der Waals surface area contributed by atoms with Crippen LogP contribution in [0.15, 0.2) is 12.1 Å². The van der Waals surface area contributed by atoms with Crippen LogP contribution < -0.4 is 5.73 Å². The lowest BCUT2D eigenvalue weighted by Crippen LogP contribution is -2.11. The number of hydrogen-bond acceptors (Lipinski definition) is 3. The Morgan fingerprint density at radius 2 is 2.13 bits per heavy atom. The average Bonchev–Trinajstić information content (AvgIpc) is 2.26. The number of benzene rings is 1. The lowest BCUT2D eigenvalue weighted by Gasteiger charge is -2.09. The minimum Gasteiger partial charge on any atom is -0.478 e. The Hall–Kier alpha value is -1.86. The van der Waals surface area contributed by atoms with E-state index in [4.69, 9.17) is 16.1 Å². The van der Waals surface area contributed by atoms with Gasteiger partial charge >= 0.3 is 5.97 Å². The van der Waals surface area contributed by atoms with E-state index in [0.29, 0.717) is 12.0 Å². The minimum atomic E-state index is -1.10. The maximum absolute atomic E-state index is 11.0. The van der Waals surface area contributed by atoms with E-state index < -0.39 is 5.97 Å². The van der Waals surface area contributed by atoms with Gasteiger partial charge in [-0.3, -0.25) is 0 Å². The summed E-state index contributed by atoms with van der Waals surface area (Å²) in [5, 5.41) is 18.0. The van der Waals surface area contributed by atoms with Crippen LogP contribution in [0, 0.1) is 11.3 Å². The normalized spacial score (nSPS) is 9.67. The van der Waals surface area contributed by atoms with Crippen LogP contribution in [0.3, 0.4) is 0 Å². The molecule has 0 saturated carbocycles. The number of nitrogens with zero attached hydrogens (tertiary/aromatic N) is 1.